The molecule has 7 heteroatoms. The van der Waals surface area contributed by atoms with Crippen LogP contribution < -0.4 is 10.9 Å². The lowest BCUT2D eigenvalue weighted by Gasteiger charge is -2.26. The molecule has 0 unspecified atom stereocenters. The van der Waals surface area contributed by atoms with E-state index in [1.165, 1.54) is 4.68 Å². The van der Waals surface area contributed by atoms with E-state index in [9.17, 15) is 9.59 Å². The third-order valence-corrected chi connectivity index (χ3v) is 4.70. The number of hydrogen-bond acceptors (Lipinski definition) is 2. The monoisotopic (exact) mass is 368 g/mol. The van der Waals surface area contributed by atoms with E-state index in [4.69, 9.17) is 11.6 Å². The van der Waals surface area contributed by atoms with Gasteiger partial charge in [-0.1, -0.05) is 29.8 Å². The molecule has 132 valence electrons. The molecule has 0 fully saturated rings. The number of nitrogens with one attached hydrogen (secondary N) is 2. The minimum absolute atomic E-state index is 0.116. The van der Waals surface area contributed by atoms with Crippen molar-refractivity contribution in [3.63, 3.8) is 0 Å². The fourth-order valence-corrected chi connectivity index (χ4v) is 3.20. The van der Waals surface area contributed by atoms with Crippen molar-refractivity contribution in [1.82, 2.24) is 14.7 Å². The van der Waals surface area contributed by atoms with E-state index in [2.05, 4.69) is 10.4 Å². The fraction of sp³-hybridized carbons (Fsp3) is 0.158. The summed E-state index contributed by atoms with van der Waals surface area (Å²) in [5, 5.41) is 6.61. The SMILES string of the molecule is O=C(Nc1ccc(Cl)cc1)N1CCc2[nH]n(-c3ccccc3)c(=O)c2C1. The van der Waals surface area contributed by atoms with E-state index < -0.39 is 0 Å². The van der Waals surface area contributed by atoms with Gasteiger partial charge in [0.05, 0.1) is 17.8 Å². The number of halogens is 1. The number of urea groups is 1. The number of hydrogen-bond donors (Lipinski definition) is 2. The van der Waals surface area contributed by atoms with E-state index in [1.54, 1.807) is 29.2 Å². The number of aromatic amines is 1. The van der Waals surface area contributed by atoms with Crippen molar-refractivity contribution in [3.8, 4) is 5.69 Å². The normalized spacial score (nSPS) is 13.3. The second kappa shape index (κ2) is 6.72. The topological polar surface area (TPSA) is 70.1 Å². The van der Waals surface area contributed by atoms with E-state index in [1.807, 2.05) is 30.3 Å². The Bertz CT molecular complexity index is 993. The molecule has 3 aromatic rings. The number of rotatable bonds is 2. The maximum absolute atomic E-state index is 12.7. The molecule has 2 N–H and O–H groups in total. The molecule has 0 spiro atoms. The van der Waals surface area contributed by atoms with Gasteiger partial charge in [0, 0.05) is 29.4 Å². The van der Waals surface area contributed by atoms with Crippen LogP contribution in [0.5, 0.6) is 0 Å². The van der Waals surface area contributed by atoms with Gasteiger partial charge in [0.15, 0.2) is 0 Å². The van der Waals surface area contributed by atoms with Crippen molar-refractivity contribution < 1.29 is 4.79 Å². The van der Waals surface area contributed by atoms with Gasteiger partial charge in [0.2, 0.25) is 0 Å². The summed E-state index contributed by atoms with van der Waals surface area (Å²) in [7, 11) is 0. The van der Waals surface area contributed by atoms with E-state index in [0.29, 0.717) is 29.2 Å². The molecule has 1 aliphatic heterocycles. The van der Waals surface area contributed by atoms with Crippen LogP contribution in [-0.2, 0) is 13.0 Å². The molecule has 2 aromatic carbocycles. The average molecular weight is 369 g/mol. The molecule has 26 heavy (non-hydrogen) atoms. The van der Waals surface area contributed by atoms with Crippen LogP contribution in [0.1, 0.15) is 11.3 Å². The van der Waals surface area contributed by atoms with Crippen molar-refractivity contribution >= 4 is 23.3 Å². The Morgan fingerprint density at radius 2 is 1.81 bits per heavy atom. The standard InChI is InChI=1S/C19H17ClN4O2/c20-13-6-8-14(9-7-13)21-19(26)23-11-10-17-16(12-23)18(25)24(22-17)15-4-2-1-3-5-15/h1-9,22H,10-12H2,(H,21,26). The van der Waals surface area contributed by atoms with Crippen LogP contribution in [0.2, 0.25) is 5.02 Å². The summed E-state index contributed by atoms with van der Waals surface area (Å²) >= 11 is 5.86. The van der Waals surface area contributed by atoms with Crippen LogP contribution in [0.15, 0.2) is 59.4 Å². The van der Waals surface area contributed by atoms with Gasteiger partial charge in [-0.2, -0.15) is 0 Å². The van der Waals surface area contributed by atoms with Crippen LogP contribution in [0.4, 0.5) is 10.5 Å². The zero-order valence-corrected chi connectivity index (χ0v) is 14.7. The number of H-pyrrole nitrogens is 1. The van der Waals surface area contributed by atoms with Crippen LogP contribution in [-0.4, -0.2) is 27.3 Å². The lowest BCUT2D eigenvalue weighted by Crippen LogP contribution is -2.40. The molecule has 0 bridgehead atoms. The summed E-state index contributed by atoms with van der Waals surface area (Å²) < 4.78 is 1.53. The molecule has 2 heterocycles. The molecule has 0 aliphatic carbocycles. The predicted molar refractivity (Wildman–Crippen MR) is 101 cm³/mol. The number of benzene rings is 2. The number of aromatic nitrogens is 2. The Morgan fingerprint density at radius 3 is 2.54 bits per heavy atom. The number of nitrogens with zero attached hydrogens (tertiary/aromatic N) is 2. The Balaban J connectivity index is 1.54. The molecule has 0 radical (unpaired) electrons. The van der Waals surface area contributed by atoms with Crippen LogP contribution >= 0.6 is 11.6 Å². The quantitative estimate of drug-likeness (QED) is 0.727. The molecule has 0 saturated heterocycles. The summed E-state index contributed by atoms with van der Waals surface area (Å²) in [6.07, 6.45) is 0.610. The van der Waals surface area contributed by atoms with E-state index in [0.717, 1.165) is 11.4 Å². The Morgan fingerprint density at radius 1 is 1.08 bits per heavy atom. The minimum atomic E-state index is -0.232. The summed E-state index contributed by atoms with van der Waals surface area (Å²) in [6, 6.07) is 16.1. The maximum atomic E-state index is 12.7. The number of carbonyl (C=O) groups is 1. The second-order valence-corrected chi connectivity index (χ2v) is 6.59. The molecule has 1 aliphatic rings. The van der Waals surface area contributed by atoms with Gasteiger partial charge >= 0.3 is 6.03 Å². The first-order valence-corrected chi connectivity index (χ1v) is 8.69. The highest BCUT2D eigenvalue weighted by Gasteiger charge is 2.26. The molecule has 2 amide bonds. The molecule has 0 atom stereocenters. The van der Waals surface area contributed by atoms with Gasteiger partial charge in [-0.05, 0) is 36.4 Å². The number of para-hydroxylation sites is 1. The maximum Gasteiger partial charge on any atom is 0.322 e. The van der Waals surface area contributed by atoms with Crippen molar-refractivity contribution in [2.24, 2.45) is 0 Å². The zero-order valence-electron chi connectivity index (χ0n) is 13.9. The highest BCUT2D eigenvalue weighted by molar-refractivity contribution is 6.30. The summed E-state index contributed by atoms with van der Waals surface area (Å²) in [6.45, 7) is 0.824. The number of carbonyl (C=O) groups excluding carboxylic acids is 1. The summed E-state index contributed by atoms with van der Waals surface area (Å²) in [4.78, 5) is 26.9. The highest BCUT2D eigenvalue weighted by Crippen LogP contribution is 2.18. The minimum Gasteiger partial charge on any atom is -0.320 e. The van der Waals surface area contributed by atoms with Gasteiger partial charge in [0.25, 0.3) is 5.56 Å². The molecule has 4 rings (SSSR count). The number of anilines is 1. The van der Waals surface area contributed by atoms with Gasteiger partial charge in [-0.15, -0.1) is 0 Å². The lowest BCUT2D eigenvalue weighted by atomic mass is 10.1. The first kappa shape index (κ1) is 16.5. The third-order valence-electron chi connectivity index (χ3n) is 4.45. The fourth-order valence-electron chi connectivity index (χ4n) is 3.07. The van der Waals surface area contributed by atoms with Crippen molar-refractivity contribution in [3.05, 3.63) is 81.2 Å². The predicted octanol–water partition coefficient (Wildman–Crippen LogP) is 3.41. The Kier molecular flexibility index (Phi) is 4.26. The van der Waals surface area contributed by atoms with Crippen molar-refractivity contribution in [2.75, 3.05) is 11.9 Å². The Hall–Kier alpha value is -2.99. The van der Waals surface area contributed by atoms with Gasteiger partial charge < -0.3 is 10.2 Å². The zero-order chi connectivity index (χ0) is 18.1. The molecular weight excluding hydrogens is 352 g/mol. The largest absolute Gasteiger partial charge is 0.322 e. The third kappa shape index (κ3) is 3.11. The number of fused-ring (bicyclic) bond motifs is 1. The molecule has 6 nitrogen and oxygen atoms in total. The second-order valence-electron chi connectivity index (χ2n) is 6.15. The van der Waals surface area contributed by atoms with Crippen LogP contribution in [0.3, 0.4) is 0 Å². The van der Waals surface area contributed by atoms with Crippen LogP contribution in [0, 0.1) is 0 Å². The summed E-state index contributed by atoms with van der Waals surface area (Å²) in [5.41, 5.74) is 2.85. The van der Waals surface area contributed by atoms with Gasteiger partial charge in [0.1, 0.15) is 0 Å². The lowest BCUT2D eigenvalue weighted by molar-refractivity contribution is 0.206. The Labute approximate surface area is 155 Å². The van der Waals surface area contributed by atoms with Crippen LogP contribution in [0.25, 0.3) is 5.69 Å². The molecule has 0 saturated carbocycles. The highest BCUT2D eigenvalue weighted by atomic mass is 35.5. The van der Waals surface area contributed by atoms with E-state index in [-0.39, 0.29) is 18.1 Å². The van der Waals surface area contributed by atoms with Gasteiger partial charge in [-0.3, -0.25) is 9.89 Å². The first-order chi connectivity index (χ1) is 12.6. The average Bonchev–Trinajstić information content (AvgIpc) is 3.00. The first-order valence-electron chi connectivity index (χ1n) is 8.31. The smallest absolute Gasteiger partial charge is 0.320 e. The summed E-state index contributed by atoms with van der Waals surface area (Å²) in [5.74, 6) is 0. The van der Waals surface area contributed by atoms with Crippen molar-refractivity contribution in [2.45, 2.75) is 13.0 Å². The van der Waals surface area contributed by atoms with Gasteiger partial charge in [-0.25, -0.2) is 9.48 Å². The molecular formula is C19H17ClN4O2. The van der Waals surface area contributed by atoms with E-state index >= 15 is 0 Å². The van der Waals surface area contributed by atoms with Crippen molar-refractivity contribution in [1.29, 1.82) is 0 Å². The number of amides is 2. The molecule has 1 aromatic heterocycles.